The summed E-state index contributed by atoms with van der Waals surface area (Å²) >= 11 is 0. The van der Waals surface area contributed by atoms with E-state index in [-0.39, 0.29) is 12.5 Å². The minimum atomic E-state index is -0.811. The van der Waals surface area contributed by atoms with Gasteiger partial charge in [-0.15, -0.1) is 0 Å². The number of carboxylic acid groups (broad SMARTS) is 1. The lowest BCUT2D eigenvalue weighted by Crippen LogP contribution is -2.19. The van der Waals surface area contributed by atoms with Crippen molar-refractivity contribution in [2.45, 2.75) is 25.9 Å². The van der Waals surface area contributed by atoms with E-state index in [9.17, 15) is 4.79 Å². The highest BCUT2D eigenvalue weighted by Gasteiger charge is 2.22. The lowest BCUT2D eigenvalue weighted by atomic mass is 9.94. The highest BCUT2D eigenvalue weighted by Crippen LogP contribution is 2.30. The SMILES string of the molecule is Cc1ccc2c(c1)C(CC(=O)O)OCC2. The first-order chi connectivity index (χ1) is 7.16. The molecule has 0 saturated heterocycles. The van der Waals surface area contributed by atoms with Gasteiger partial charge in [-0.3, -0.25) is 4.79 Å². The van der Waals surface area contributed by atoms with E-state index in [0.717, 1.165) is 17.5 Å². The molecule has 1 aromatic rings. The fraction of sp³-hybridized carbons (Fsp3) is 0.417. The molecule has 1 heterocycles. The van der Waals surface area contributed by atoms with E-state index in [2.05, 4.69) is 12.1 Å². The molecular weight excluding hydrogens is 192 g/mol. The summed E-state index contributed by atoms with van der Waals surface area (Å²) in [6, 6.07) is 6.16. The highest BCUT2D eigenvalue weighted by molar-refractivity contribution is 5.68. The van der Waals surface area contributed by atoms with Crippen molar-refractivity contribution in [3.05, 3.63) is 34.9 Å². The molecule has 0 amide bonds. The average molecular weight is 206 g/mol. The number of carboxylic acids is 1. The molecule has 0 fully saturated rings. The number of hydrogen-bond donors (Lipinski definition) is 1. The maximum atomic E-state index is 10.7. The number of aryl methyl sites for hydroxylation is 1. The van der Waals surface area contributed by atoms with Crippen LogP contribution < -0.4 is 0 Å². The van der Waals surface area contributed by atoms with Crippen molar-refractivity contribution < 1.29 is 14.6 Å². The van der Waals surface area contributed by atoms with E-state index in [4.69, 9.17) is 9.84 Å². The van der Waals surface area contributed by atoms with Crippen LogP contribution in [0.4, 0.5) is 0 Å². The fourth-order valence-corrected chi connectivity index (χ4v) is 1.97. The quantitative estimate of drug-likeness (QED) is 0.805. The molecule has 1 aliphatic heterocycles. The summed E-state index contributed by atoms with van der Waals surface area (Å²) in [6.45, 7) is 2.63. The Morgan fingerprint density at radius 1 is 1.60 bits per heavy atom. The molecule has 0 radical (unpaired) electrons. The predicted molar refractivity (Wildman–Crippen MR) is 55.8 cm³/mol. The Morgan fingerprint density at radius 2 is 2.40 bits per heavy atom. The number of carbonyl (C=O) groups is 1. The zero-order valence-corrected chi connectivity index (χ0v) is 8.69. The molecule has 1 aliphatic rings. The molecule has 80 valence electrons. The summed E-state index contributed by atoms with van der Waals surface area (Å²) in [6.07, 6.45) is 0.661. The Labute approximate surface area is 88.7 Å². The number of ether oxygens (including phenoxy) is 1. The lowest BCUT2D eigenvalue weighted by Gasteiger charge is -2.25. The van der Waals surface area contributed by atoms with Gasteiger partial charge in [0.15, 0.2) is 0 Å². The second-order valence-electron chi connectivity index (χ2n) is 3.91. The lowest BCUT2D eigenvalue weighted by molar-refractivity contribution is -0.140. The zero-order valence-electron chi connectivity index (χ0n) is 8.69. The second-order valence-corrected chi connectivity index (χ2v) is 3.91. The average Bonchev–Trinajstić information content (AvgIpc) is 2.18. The molecule has 0 aromatic heterocycles. The van der Waals surface area contributed by atoms with Gasteiger partial charge in [-0.05, 0) is 24.5 Å². The molecule has 0 aliphatic carbocycles. The van der Waals surface area contributed by atoms with Gasteiger partial charge >= 0.3 is 5.97 Å². The van der Waals surface area contributed by atoms with Gasteiger partial charge in [0.05, 0.1) is 19.1 Å². The molecule has 3 heteroatoms. The van der Waals surface area contributed by atoms with Gasteiger partial charge in [0.2, 0.25) is 0 Å². The van der Waals surface area contributed by atoms with Gasteiger partial charge in [-0.2, -0.15) is 0 Å². The maximum absolute atomic E-state index is 10.7. The summed E-state index contributed by atoms with van der Waals surface area (Å²) in [4.78, 5) is 10.7. The number of aliphatic carboxylic acids is 1. The molecule has 0 spiro atoms. The van der Waals surface area contributed by atoms with Gasteiger partial charge in [0, 0.05) is 0 Å². The molecule has 0 bridgehead atoms. The van der Waals surface area contributed by atoms with E-state index in [1.54, 1.807) is 0 Å². The third-order valence-electron chi connectivity index (χ3n) is 2.70. The topological polar surface area (TPSA) is 46.5 Å². The maximum Gasteiger partial charge on any atom is 0.306 e. The normalized spacial score (nSPS) is 19.7. The van der Waals surface area contributed by atoms with Crippen LogP contribution in [-0.4, -0.2) is 17.7 Å². The summed E-state index contributed by atoms with van der Waals surface area (Å²) in [5.74, 6) is -0.811. The van der Waals surface area contributed by atoms with Crippen LogP contribution in [0.15, 0.2) is 18.2 Å². The summed E-state index contributed by atoms with van der Waals surface area (Å²) in [5.41, 5.74) is 3.41. The van der Waals surface area contributed by atoms with Gasteiger partial charge in [-0.25, -0.2) is 0 Å². The number of fused-ring (bicyclic) bond motifs is 1. The summed E-state index contributed by atoms with van der Waals surface area (Å²) in [5, 5.41) is 8.78. The zero-order chi connectivity index (χ0) is 10.8. The number of hydrogen-bond acceptors (Lipinski definition) is 2. The summed E-state index contributed by atoms with van der Waals surface area (Å²) in [7, 11) is 0. The Morgan fingerprint density at radius 3 is 3.13 bits per heavy atom. The van der Waals surface area contributed by atoms with Crippen LogP contribution >= 0.6 is 0 Å². The van der Waals surface area contributed by atoms with Crippen LogP contribution in [0.2, 0.25) is 0 Å². The molecule has 15 heavy (non-hydrogen) atoms. The van der Waals surface area contributed by atoms with Crippen molar-refractivity contribution in [3.8, 4) is 0 Å². The molecule has 0 saturated carbocycles. The van der Waals surface area contributed by atoms with Crippen molar-refractivity contribution in [2.75, 3.05) is 6.61 Å². The van der Waals surface area contributed by atoms with Crippen molar-refractivity contribution in [1.82, 2.24) is 0 Å². The molecule has 1 atom stereocenters. The first-order valence-electron chi connectivity index (χ1n) is 5.09. The van der Waals surface area contributed by atoms with Crippen LogP contribution in [0.25, 0.3) is 0 Å². The molecule has 3 nitrogen and oxygen atoms in total. The Balaban J connectivity index is 2.32. The first-order valence-corrected chi connectivity index (χ1v) is 5.09. The van der Waals surface area contributed by atoms with E-state index in [0.29, 0.717) is 6.61 Å². The Hall–Kier alpha value is -1.35. The van der Waals surface area contributed by atoms with Gasteiger partial charge in [0.1, 0.15) is 0 Å². The standard InChI is InChI=1S/C12H14O3/c1-8-2-3-9-4-5-15-11(7-12(13)14)10(9)6-8/h2-3,6,11H,4-5,7H2,1H3,(H,13,14). The van der Waals surface area contributed by atoms with Crippen LogP contribution in [-0.2, 0) is 16.0 Å². The van der Waals surface area contributed by atoms with Crippen molar-refractivity contribution >= 4 is 5.97 Å². The van der Waals surface area contributed by atoms with E-state index in [1.165, 1.54) is 5.56 Å². The van der Waals surface area contributed by atoms with Crippen LogP contribution in [0.1, 0.15) is 29.2 Å². The van der Waals surface area contributed by atoms with Gasteiger partial charge in [-0.1, -0.05) is 23.8 Å². The Kier molecular flexibility index (Phi) is 2.73. The molecule has 1 unspecified atom stereocenters. The third kappa shape index (κ3) is 2.18. The van der Waals surface area contributed by atoms with Crippen LogP contribution in [0.5, 0.6) is 0 Å². The number of rotatable bonds is 2. The summed E-state index contributed by atoms with van der Waals surface area (Å²) < 4.78 is 5.49. The largest absolute Gasteiger partial charge is 0.481 e. The van der Waals surface area contributed by atoms with Crippen LogP contribution in [0, 0.1) is 6.92 Å². The van der Waals surface area contributed by atoms with E-state index in [1.807, 2.05) is 13.0 Å². The molecule has 1 aromatic carbocycles. The first kappa shape index (κ1) is 10.2. The third-order valence-corrected chi connectivity index (χ3v) is 2.70. The number of benzene rings is 1. The molecule has 1 N–H and O–H groups in total. The van der Waals surface area contributed by atoms with Crippen LogP contribution in [0.3, 0.4) is 0 Å². The fourth-order valence-electron chi connectivity index (χ4n) is 1.97. The minimum absolute atomic E-state index is 0.0520. The highest BCUT2D eigenvalue weighted by atomic mass is 16.5. The van der Waals surface area contributed by atoms with Crippen molar-refractivity contribution in [2.24, 2.45) is 0 Å². The smallest absolute Gasteiger partial charge is 0.306 e. The van der Waals surface area contributed by atoms with Gasteiger partial charge < -0.3 is 9.84 Å². The minimum Gasteiger partial charge on any atom is -0.481 e. The van der Waals surface area contributed by atoms with E-state index >= 15 is 0 Å². The molecular formula is C12H14O3. The predicted octanol–water partition coefficient (Wildman–Crippen LogP) is 2.08. The monoisotopic (exact) mass is 206 g/mol. The van der Waals surface area contributed by atoms with Gasteiger partial charge in [0.25, 0.3) is 0 Å². The van der Waals surface area contributed by atoms with Crippen molar-refractivity contribution in [1.29, 1.82) is 0 Å². The second kappa shape index (κ2) is 4.03. The molecule has 2 rings (SSSR count). The Bertz CT molecular complexity index is 384. The van der Waals surface area contributed by atoms with E-state index < -0.39 is 5.97 Å². The van der Waals surface area contributed by atoms with Crippen molar-refractivity contribution in [3.63, 3.8) is 0 Å².